The highest BCUT2D eigenvalue weighted by Gasteiger charge is 2.44. The number of fused-ring (bicyclic) bond motifs is 1. The number of likely N-dealkylation sites (tertiary alicyclic amines) is 1. The Balaban J connectivity index is 0.00000104. The number of nitrogens with one attached hydrogen (secondary N) is 2. The van der Waals surface area contributed by atoms with Crippen LogP contribution in [0.2, 0.25) is 0 Å². The molecule has 1 aliphatic rings. The minimum absolute atomic E-state index is 0.0642. The third kappa shape index (κ3) is 11.3. The van der Waals surface area contributed by atoms with Crippen LogP contribution in [0.15, 0.2) is 79.0 Å². The number of aromatic nitrogens is 2. The van der Waals surface area contributed by atoms with E-state index >= 15 is 0 Å². The molecule has 1 aliphatic heterocycles. The van der Waals surface area contributed by atoms with Crippen LogP contribution in [-0.4, -0.2) is 69.7 Å². The van der Waals surface area contributed by atoms with Crippen molar-refractivity contribution in [3.05, 3.63) is 90.4 Å². The van der Waals surface area contributed by atoms with E-state index in [2.05, 4.69) is 56.8 Å². The molecule has 0 saturated carbocycles. The Morgan fingerprint density at radius 1 is 0.882 bits per heavy atom. The fourth-order valence-corrected chi connectivity index (χ4v) is 6.05. The Hall–Kier alpha value is -4.46. The van der Waals surface area contributed by atoms with Crippen molar-refractivity contribution in [3.63, 3.8) is 0 Å². The zero-order valence-electron chi connectivity index (χ0n) is 33.0. The van der Waals surface area contributed by atoms with Gasteiger partial charge in [-0.3, -0.25) is 19.4 Å². The van der Waals surface area contributed by atoms with E-state index in [-0.39, 0.29) is 35.6 Å². The molecule has 0 aliphatic carbocycles. The van der Waals surface area contributed by atoms with Gasteiger partial charge in [-0.05, 0) is 35.6 Å². The van der Waals surface area contributed by atoms with Gasteiger partial charge in [-0.15, -0.1) is 0 Å². The quantitative estimate of drug-likeness (QED) is 0.173. The normalized spacial score (nSPS) is 15.8. The van der Waals surface area contributed by atoms with Gasteiger partial charge in [-0.2, -0.15) is 0 Å². The predicted molar refractivity (Wildman–Crippen MR) is 213 cm³/mol. The molecule has 3 amide bonds. The van der Waals surface area contributed by atoms with Crippen LogP contribution in [0.1, 0.15) is 109 Å². The summed E-state index contributed by atoms with van der Waals surface area (Å²) in [6.07, 6.45) is 4.96. The van der Waals surface area contributed by atoms with Crippen molar-refractivity contribution in [3.8, 4) is 11.1 Å². The van der Waals surface area contributed by atoms with Gasteiger partial charge in [0.1, 0.15) is 17.4 Å². The summed E-state index contributed by atoms with van der Waals surface area (Å²) < 4.78 is 0. The van der Waals surface area contributed by atoms with Gasteiger partial charge in [-0.1, -0.05) is 143 Å². The van der Waals surface area contributed by atoms with Crippen LogP contribution in [-0.2, 0) is 4.79 Å². The number of likely N-dealkylation sites (N-methyl/N-ethyl adjacent to an activating group) is 1. The molecule has 0 radical (unpaired) electrons. The van der Waals surface area contributed by atoms with E-state index in [1.54, 1.807) is 19.3 Å². The van der Waals surface area contributed by atoms with Gasteiger partial charge < -0.3 is 20.1 Å². The summed E-state index contributed by atoms with van der Waals surface area (Å²) in [4.78, 5) is 51.7. The third-order valence-corrected chi connectivity index (χ3v) is 8.94. The molecular formula is C43H63N5O3. The molecule has 51 heavy (non-hydrogen) atoms. The van der Waals surface area contributed by atoms with Gasteiger partial charge in [0, 0.05) is 48.7 Å². The Morgan fingerprint density at radius 3 is 2.04 bits per heavy atom. The van der Waals surface area contributed by atoms with E-state index in [1.165, 1.54) is 17.7 Å². The SMILES string of the molecule is CC.CCC.CCC.CCC(C)C(C(=O)NCC1C(C(C)C)CN1C(=O)c1ccc(-c2ccccc2)cn1)N(C)C(=O)c1cc2ccccc2[nH]1. The van der Waals surface area contributed by atoms with Gasteiger partial charge in [-0.25, -0.2) is 0 Å². The Kier molecular flexibility index (Phi) is 18.2. The van der Waals surface area contributed by atoms with Crippen molar-refractivity contribution in [2.45, 2.75) is 101 Å². The minimum atomic E-state index is -0.655. The number of para-hydroxylation sites is 1. The molecule has 3 heterocycles. The number of rotatable bonds is 10. The second kappa shape index (κ2) is 21.7. The van der Waals surface area contributed by atoms with Gasteiger partial charge in [0.2, 0.25) is 5.91 Å². The molecule has 1 fully saturated rings. The fraction of sp³-hybridized carbons (Fsp3) is 0.488. The molecular weight excluding hydrogens is 635 g/mol. The number of pyridine rings is 1. The van der Waals surface area contributed by atoms with Gasteiger partial charge in [0.25, 0.3) is 11.8 Å². The van der Waals surface area contributed by atoms with Crippen molar-refractivity contribution >= 4 is 28.6 Å². The van der Waals surface area contributed by atoms with E-state index in [1.807, 2.05) is 99.3 Å². The zero-order valence-corrected chi connectivity index (χ0v) is 33.0. The van der Waals surface area contributed by atoms with Crippen LogP contribution in [0.5, 0.6) is 0 Å². The summed E-state index contributed by atoms with van der Waals surface area (Å²) in [5.74, 6) is -0.0572. The van der Waals surface area contributed by atoms with Gasteiger partial charge in [0.05, 0.1) is 6.04 Å². The highest BCUT2D eigenvalue weighted by Crippen LogP contribution is 2.32. The first-order valence-electron chi connectivity index (χ1n) is 19.0. The molecule has 8 heteroatoms. The maximum absolute atomic E-state index is 13.7. The molecule has 0 spiro atoms. The smallest absolute Gasteiger partial charge is 0.272 e. The molecule has 2 aromatic carbocycles. The molecule has 4 unspecified atom stereocenters. The number of H-pyrrole nitrogens is 1. The second-order valence-electron chi connectivity index (χ2n) is 13.4. The highest BCUT2D eigenvalue weighted by atomic mass is 16.2. The van der Waals surface area contributed by atoms with Crippen molar-refractivity contribution < 1.29 is 14.4 Å². The number of carbonyl (C=O) groups is 3. The standard InChI is InChI=1S/C35H41N5O3.2C3H8.C2H6/c1-6-23(4)32(39(5)34(42)30-18-25-14-10-11-15-28(25)38-30)33(41)37-20-31-27(22(2)3)21-40(31)35(43)29-17-16-26(19-36-29)24-12-8-7-9-13-24;2*1-3-2;1-2/h7-19,22-23,27,31-32,38H,6,20-21H2,1-5H3,(H,37,41);2*3H2,1-2H3;1-2H3. The lowest BCUT2D eigenvalue weighted by molar-refractivity contribution is -0.127. The minimum Gasteiger partial charge on any atom is -0.352 e. The molecule has 1 saturated heterocycles. The number of carbonyl (C=O) groups excluding carboxylic acids is 3. The fourth-order valence-electron chi connectivity index (χ4n) is 6.05. The topological polar surface area (TPSA) is 98.4 Å². The number of nitrogens with zero attached hydrogens (tertiary/aromatic N) is 3. The summed E-state index contributed by atoms with van der Waals surface area (Å²) >= 11 is 0. The summed E-state index contributed by atoms with van der Waals surface area (Å²) in [6, 6.07) is 22.4. The Morgan fingerprint density at radius 2 is 1.49 bits per heavy atom. The van der Waals surface area contributed by atoms with Crippen LogP contribution in [0.3, 0.4) is 0 Å². The van der Waals surface area contributed by atoms with Crippen LogP contribution >= 0.6 is 0 Å². The van der Waals surface area contributed by atoms with Crippen LogP contribution in [0.25, 0.3) is 22.0 Å². The van der Waals surface area contributed by atoms with E-state index in [9.17, 15) is 14.4 Å². The number of hydrogen-bond donors (Lipinski definition) is 2. The summed E-state index contributed by atoms with van der Waals surface area (Å²) in [5, 5.41) is 4.05. The first-order valence-corrected chi connectivity index (χ1v) is 19.0. The van der Waals surface area contributed by atoms with Crippen molar-refractivity contribution in [1.29, 1.82) is 0 Å². The lowest BCUT2D eigenvalue weighted by Crippen LogP contribution is -2.65. The third-order valence-electron chi connectivity index (χ3n) is 8.94. The van der Waals surface area contributed by atoms with Crippen molar-refractivity contribution in [2.75, 3.05) is 20.1 Å². The van der Waals surface area contributed by atoms with E-state index in [0.29, 0.717) is 30.4 Å². The molecule has 4 atom stereocenters. The summed E-state index contributed by atoms with van der Waals surface area (Å²) in [6.45, 7) is 21.7. The first kappa shape index (κ1) is 42.7. The maximum Gasteiger partial charge on any atom is 0.272 e. The monoisotopic (exact) mass is 697 g/mol. The van der Waals surface area contributed by atoms with Crippen molar-refractivity contribution in [2.24, 2.45) is 17.8 Å². The number of aromatic amines is 1. The summed E-state index contributed by atoms with van der Waals surface area (Å²) in [5.41, 5.74) is 3.71. The lowest BCUT2D eigenvalue weighted by atomic mass is 9.79. The second-order valence-corrected chi connectivity index (χ2v) is 13.4. The molecule has 4 aromatic rings. The molecule has 278 valence electrons. The van der Waals surface area contributed by atoms with Gasteiger partial charge in [0.15, 0.2) is 0 Å². The maximum atomic E-state index is 13.7. The predicted octanol–water partition coefficient (Wildman–Crippen LogP) is 9.49. The molecule has 0 bridgehead atoms. The highest BCUT2D eigenvalue weighted by molar-refractivity contribution is 6.00. The first-order chi connectivity index (χ1) is 24.5. The zero-order chi connectivity index (χ0) is 38.1. The largest absolute Gasteiger partial charge is 0.352 e. The van der Waals surface area contributed by atoms with E-state index < -0.39 is 6.04 Å². The summed E-state index contributed by atoms with van der Waals surface area (Å²) in [7, 11) is 1.69. The van der Waals surface area contributed by atoms with Crippen LogP contribution in [0.4, 0.5) is 0 Å². The molecule has 5 rings (SSSR count). The van der Waals surface area contributed by atoms with Crippen LogP contribution in [0, 0.1) is 17.8 Å². The molecule has 2 aromatic heterocycles. The number of hydrogen-bond acceptors (Lipinski definition) is 4. The van der Waals surface area contributed by atoms with Gasteiger partial charge >= 0.3 is 0 Å². The molecule has 8 nitrogen and oxygen atoms in total. The van der Waals surface area contributed by atoms with E-state index in [0.717, 1.165) is 28.5 Å². The average molecular weight is 698 g/mol. The lowest BCUT2D eigenvalue weighted by Gasteiger charge is -2.50. The Labute approximate surface area is 307 Å². The number of benzene rings is 2. The van der Waals surface area contributed by atoms with E-state index in [4.69, 9.17) is 0 Å². The Bertz CT molecular complexity index is 1580. The average Bonchev–Trinajstić information content (AvgIpc) is 3.57. The van der Waals surface area contributed by atoms with Crippen LogP contribution < -0.4 is 5.32 Å². The number of amides is 3. The van der Waals surface area contributed by atoms with Crippen molar-refractivity contribution in [1.82, 2.24) is 25.1 Å². The molecule has 2 N–H and O–H groups in total.